The Morgan fingerprint density at radius 1 is 1.38 bits per heavy atom. The van der Waals surface area contributed by atoms with Gasteiger partial charge in [-0.25, -0.2) is 0 Å². The first kappa shape index (κ1) is 14.3. The largest absolute Gasteiger partial charge is 0.380 e. The molecule has 1 aliphatic carbocycles. The third-order valence-electron chi connectivity index (χ3n) is 4.85. The fourth-order valence-corrected chi connectivity index (χ4v) is 3.18. The minimum atomic E-state index is -0.116. The van der Waals surface area contributed by atoms with E-state index in [4.69, 9.17) is 4.74 Å². The molecule has 2 heterocycles. The maximum Gasteiger partial charge on any atom is 0.268 e. The molecular formula is C16H22N2O3. The Labute approximate surface area is 124 Å². The number of aryl methyl sites for hydroxylation is 1. The van der Waals surface area contributed by atoms with Gasteiger partial charge in [-0.15, -0.1) is 0 Å². The van der Waals surface area contributed by atoms with Crippen LogP contribution in [0, 0.1) is 12.3 Å². The zero-order valence-electron chi connectivity index (χ0n) is 12.7. The Kier molecular flexibility index (Phi) is 3.61. The number of carbonyl (C=O) groups is 2. The van der Waals surface area contributed by atoms with Crippen molar-refractivity contribution >= 4 is 11.7 Å². The Hall–Kier alpha value is -1.62. The average Bonchev–Trinajstić information content (AvgIpc) is 2.76. The minimum absolute atomic E-state index is 0.0889. The van der Waals surface area contributed by atoms with Crippen LogP contribution in [0.1, 0.15) is 58.3 Å². The summed E-state index contributed by atoms with van der Waals surface area (Å²) in [6, 6.07) is 0. The number of aromatic amines is 1. The van der Waals surface area contributed by atoms with Crippen molar-refractivity contribution in [2.45, 2.75) is 39.5 Å². The van der Waals surface area contributed by atoms with Gasteiger partial charge in [0.15, 0.2) is 5.78 Å². The molecule has 1 aromatic heterocycles. The van der Waals surface area contributed by atoms with Gasteiger partial charge in [0.25, 0.3) is 5.91 Å². The molecule has 1 saturated heterocycles. The molecule has 2 N–H and O–H groups in total. The van der Waals surface area contributed by atoms with Gasteiger partial charge in [-0.2, -0.15) is 0 Å². The number of hydrogen-bond acceptors (Lipinski definition) is 3. The van der Waals surface area contributed by atoms with Gasteiger partial charge in [-0.05, 0) is 31.7 Å². The lowest BCUT2D eigenvalue weighted by Gasteiger charge is -2.40. The van der Waals surface area contributed by atoms with Crippen molar-refractivity contribution in [1.82, 2.24) is 10.3 Å². The molecule has 1 amide bonds. The standard InChI is InChI=1S/C16H22N2O3/c1-3-16(8-21-9-16)7-17-15(20)14-10(2)13-11(18-14)5-4-6-12(13)19/h18H,3-9H2,1-2H3,(H,17,20). The van der Waals surface area contributed by atoms with E-state index in [2.05, 4.69) is 17.2 Å². The Bertz CT molecular complexity index is 579. The van der Waals surface area contributed by atoms with Crippen molar-refractivity contribution in [3.05, 3.63) is 22.5 Å². The number of amides is 1. The fraction of sp³-hybridized carbons (Fsp3) is 0.625. The van der Waals surface area contributed by atoms with Crippen LogP contribution in [0.4, 0.5) is 0 Å². The number of nitrogens with one attached hydrogen (secondary N) is 2. The van der Waals surface area contributed by atoms with Crippen LogP contribution in [-0.2, 0) is 11.2 Å². The summed E-state index contributed by atoms with van der Waals surface area (Å²) in [5.41, 5.74) is 3.09. The number of hydrogen-bond donors (Lipinski definition) is 2. The van der Waals surface area contributed by atoms with Crippen LogP contribution >= 0.6 is 0 Å². The molecule has 1 fully saturated rings. The van der Waals surface area contributed by atoms with Crippen LogP contribution in [0.2, 0.25) is 0 Å². The number of ketones is 1. The van der Waals surface area contributed by atoms with E-state index in [1.165, 1.54) is 0 Å². The lowest BCUT2D eigenvalue weighted by atomic mass is 9.83. The van der Waals surface area contributed by atoms with Crippen LogP contribution in [0.15, 0.2) is 0 Å². The van der Waals surface area contributed by atoms with Crippen molar-refractivity contribution in [3.8, 4) is 0 Å². The molecule has 3 rings (SSSR count). The highest BCUT2D eigenvalue weighted by atomic mass is 16.5. The SMILES string of the molecule is CCC1(CNC(=O)c2[nH]c3c(c2C)C(=O)CCC3)COC1. The summed E-state index contributed by atoms with van der Waals surface area (Å²) in [5.74, 6) is 0.0379. The molecule has 5 heteroatoms. The highest BCUT2D eigenvalue weighted by molar-refractivity contribution is 6.04. The quantitative estimate of drug-likeness (QED) is 0.891. The van der Waals surface area contributed by atoms with Gasteiger partial charge in [-0.3, -0.25) is 9.59 Å². The van der Waals surface area contributed by atoms with E-state index < -0.39 is 0 Å². The van der Waals surface area contributed by atoms with Crippen LogP contribution in [0.3, 0.4) is 0 Å². The molecule has 0 saturated carbocycles. The van der Waals surface area contributed by atoms with Gasteiger partial charge in [0, 0.05) is 29.6 Å². The van der Waals surface area contributed by atoms with Crippen molar-refractivity contribution in [2.24, 2.45) is 5.41 Å². The molecule has 21 heavy (non-hydrogen) atoms. The molecule has 0 bridgehead atoms. The number of carbonyl (C=O) groups excluding carboxylic acids is 2. The lowest BCUT2D eigenvalue weighted by Crippen LogP contribution is -2.50. The summed E-state index contributed by atoms with van der Waals surface area (Å²) >= 11 is 0. The first-order valence-electron chi connectivity index (χ1n) is 7.67. The van der Waals surface area contributed by atoms with Crippen molar-refractivity contribution in [2.75, 3.05) is 19.8 Å². The summed E-state index contributed by atoms with van der Waals surface area (Å²) in [6.07, 6.45) is 3.29. The number of H-pyrrole nitrogens is 1. The zero-order chi connectivity index (χ0) is 15.0. The van der Waals surface area contributed by atoms with Gasteiger partial charge in [0.2, 0.25) is 0 Å². The van der Waals surface area contributed by atoms with Gasteiger partial charge < -0.3 is 15.0 Å². The van der Waals surface area contributed by atoms with Gasteiger partial charge >= 0.3 is 0 Å². The van der Waals surface area contributed by atoms with Crippen molar-refractivity contribution < 1.29 is 14.3 Å². The van der Waals surface area contributed by atoms with E-state index >= 15 is 0 Å². The smallest absolute Gasteiger partial charge is 0.268 e. The molecule has 0 unspecified atom stereocenters. The number of rotatable bonds is 4. The molecule has 5 nitrogen and oxygen atoms in total. The summed E-state index contributed by atoms with van der Waals surface area (Å²) in [5, 5.41) is 3.00. The summed E-state index contributed by atoms with van der Waals surface area (Å²) in [4.78, 5) is 27.5. The molecule has 114 valence electrons. The maximum absolute atomic E-state index is 12.4. The first-order valence-corrected chi connectivity index (χ1v) is 7.67. The molecular weight excluding hydrogens is 268 g/mol. The molecule has 0 aromatic carbocycles. The lowest BCUT2D eigenvalue weighted by molar-refractivity contribution is -0.111. The van der Waals surface area contributed by atoms with Crippen LogP contribution in [0.25, 0.3) is 0 Å². The van der Waals surface area contributed by atoms with E-state index in [1.54, 1.807) is 0 Å². The topological polar surface area (TPSA) is 71.2 Å². The second kappa shape index (κ2) is 5.30. The average molecular weight is 290 g/mol. The highest BCUT2D eigenvalue weighted by Crippen LogP contribution is 2.30. The van der Waals surface area contributed by atoms with Gasteiger partial charge in [0.05, 0.1) is 13.2 Å². The summed E-state index contributed by atoms with van der Waals surface area (Å²) < 4.78 is 5.27. The molecule has 1 aliphatic heterocycles. The zero-order valence-corrected chi connectivity index (χ0v) is 12.7. The predicted octanol–water partition coefficient (Wildman–Crippen LogP) is 2.00. The molecule has 0 atom stereocenters. The molecule has 1 aromatic rings. The summed E-state index contributed by atoms with van der Waals surface area (Å²) in [7, 11) is 0. The first-order chi connectivity index (χ1) is 10.1. The minimum Gasteiger partial charge on any atom is -0.380 e. The Morgan fingerprint density at radius 3 is 2.71 bits per heavy atom. The van der Waals surface area contributed by atoms with Crippen molar-refractivity contribution in [1.29, 1.82) is 0 Å². The Morgan fingerprint density at radius 2 is 2.14 bits per heavy atom. The number of Topliss-reactive ketones (excluding diaryl/α,β-unsaturated/α-hetero) is 1. The predicted molar refractivity (Wildman–Crippen MR) is 78.7 cm³/mol. The van der Waals surface area contributed by atoms with Crippen LogP contribution in [-0.4, -0.2) is 36.4 Å². The van der Waals surface area contributed by atoms with Crippen molar-refractivity contribution in [3.63, 3.8) is 0 Å². The molecule has 0 radical (unpaired) electrons. The third kappa shape index (κ3) is 2.39. The fourth-order valence-electron chi connectivity index (χ4n) is 3.18. The second-order valence-corrected chi connectivity index (χ2v) is 6.28. The van der Waals surface area contributed by atoms with E-state index in [0.717, 1.165) is 36.1 Å². The van der Waals surface area contributed by atoms with Crippen LogP contribution < -0.4 is 5.32 Å². The Balaban J connectivity index is 1.75. The number of aromatic nitrogens is 1. The van der Waals surface area contributed by atoms with E-state index in [9.17, 15) is 9.59 Å². The monoisotopic (exact) mass is 290 g/mol. The molecule has 0 spiro atoms. The van der Waals surface area contributed by atoms with Crippen LogP contribution in [0.5, 0.6) is 0 Å². The number of fused-ring (bicyclic) bond motifs is 1. The number of ether oxygens (including phenoxy) is 1. The van der Waals surface area contributed by atoms with Gasteiger partial charge in [0.1, 0.15) is 5.69 Å². The molecule has 2 aliphatic rings. The highest BCUT2D eigenvalue weighted by Gasteiger charge is 2.37. The second-order valence-electron chi connectivity index (χ2n) is 6.28. The van der Waals surface area contributed by atoms with E-state index in [1.807, 2.05) is 6.92 Å². The van der Waals surface area contributed by atoms with E-state index in [-0.39, 0.29) is 17.1 Å². The maximum atomic E-state index is 12.4. The van der Waals surface area contributed by atoms with Gasteiger partial charge in [-0.1, -0.05) is 6.92 Å². The normalized spacial score (nSPS) is 19.8. The third-order valence-corrected chi connectivity index (χ3v) is 4.85. The van der Waals surface area contributed by atoms with E-state index in [0.29, 0.717) is 31.9 Å². The summed E-state index contributed by atoms with van der Waals surface area (Å²) in [6.45, 7) is 6.02.